The van der Waals surface area contributed by atoms with E-state index >= 15 is 0 Å². The Morgan fingerprint density at radius 2 is 1.93 bits per heavy atom. The first-order chi connectivity index (χ1) is 7.22. The average Bonchev–Trinajstić information content (AvgIpc) is 2.20. The third-order valence-electron chi connectivity index (χ3n) is 1.42. The first-order valence-electron chi connectivity index (χ1n) is 3.97. The molecule has 15 heavy (non-hydrogen) atoms. The molecule has 1 aromatic rings. The van der Waals surface area contributed by atoms with Crippen molar-refractivity contribution in [2.45, 2.75) is 6.61 Å². The van der Waals surface area contributed by atoms with Gasteiger partial charge in [-0.2, -0.15) is 8.78 Å². The molecular weight excluding hydrogens is 208 g/mol. The third-order valence-corrected chi connectivity index (χ3v) is 1.42. The van der Waals surface area contributed by atoms with Crippen LogP contribution in [0, 0.1) is 0 Å². The Morgan fingerprint density at radius 3 is 2.47 bits per heavy atom. The van der Waals surface area contributed by atoms with Gasteiger partial charge in [0.25, 0.3) is 0 Å². The second-order valence-electron chi connectivity index (χ2n) is 2.42. The molecule has 0 saturated heterocycles. The fourth-order valence-electron chi connectivity index (χ4n) is 0.857. The molecule has 1 aromatic carbocycles. The van der Waals surface area contributed by atoms with Crippen LogP contribution in [0.25, 0.3) is 0 Å². The van der Waals surface area contributed by atoms with Gasteiger partial charge in [0, 0.05) is 0 Å². The fourth-order valence-corrected chi connectivity index (χ4v) is 0.857. The van der Waals surface area contributed by atoms with E-state index in [2.05, 4.69) is 21.1 Å². The fraction of sp³-hybridized carbons (Fsp3) is 0.125. The summed E-state index contributed by atoms with van der Waals surface area (Å²) in [6, 6.07) is 5.77. The maximum absolute atomic E-state index is 11.8. The lowest BCUT2D eigenvalue weighted by Crippen LogP contribution is -2.35. The number of carbonyl (C=O) groups excluding carboxylic acids is 1. The van der Waals surface area contributed by atoms with Gasteiger partial charge in [0.2, 0.25) is 6.41 Å². The van der Waals surface area contributed by atoms with Gasteiger partial charge in [0.15, 0.2) is 0 Å². The summed E-state index contributed by atoms with van der Waals surface area (Å²) in [6.45, 7) is -2.83. The summed E-state index contributed by atoms with van der Waals surface area (Å²) < 4.78 is 27.7. The smallest absolute Gasteiger partial charge is 0.387 e. The third kappa shape index (κ3) is 4.23. The minimum Gasteiger partial charge on any atom is -0.435 e. The Bertz CT molecular complexity index is 305. The second-order valence-corrected chi connectivity index (χ2v) is 2.42. The number of nitrogens with one attached hydrogen (secondary N) is 3. The Labute approximate surface area is 84.4 Å². The van der Waals surface area contributed by atoms with Gasteiger partial charge in [0.1, 0.15) is 5.75 Å². The summed E-state index contributed by atoms with van der Waals surface area (Å²) in [7, 11) is 0. The summed E-state index contributed by atoms with van der Waals surface area (Å²) in [5.74, 6) is 0.0684. The topological polar surface area (TPSA) is 62.4 Å². The molecule has 1 amide bonds. The quantitative estimate of drug-likeness (QED) is 0.376. The molecule has 82 valence electrons. The van der Waals surface area contributed by atoms with Crippen molar-refractivity contribution in [2.24, 2.45) is 0 Å². The van der Waals surface area contributed by atoms with Gasteiger partial charge >= 0.3 is 6.61 Å². The number of anilines is 1. The van der Waals surface area contributed by atoms with E-state index in [9.17, 15) is 13.6 Å². The molecule has 0 aliphatic heterocycles. The number of alkyl halides is 2. The van der Waals surface area contributed by atoms with E-state index in [1.54, 1.807) is 0 Å². The predicted octanol–water partition coefficient (Wildman–Crippen LogP) is 0.865. The molecule has 0 radical (unpaired) electrons. The first-order valence-corrected chi connectivity index (χ1v) is 3.97. The zero-order valence-electron chi connectivity index (χ0n) is 7.54. The number of carbonyl (C=O) groups is 1. The minimum atomic E-state index is -2.83. The van der Waals surface area contributed by atoms with Gasteiger partial charge in [-0.25, -0.2) is 0 Å². The number of benzene rings is 1. The summed E-state index contributed by atoms with van der Waals surface area (Å²) in [4.78, 5) is 9.85. The van der Waals surface area contributed by atoms with Crippen molar-refractivity contribution in [2.75, 3.05) is 5.43 Å². The van der Waals surface area contributed by atoms with E-state index in [1.165, 1.54) is 24.3 Å². The van der Waals surface area contributed by atoms with Crippen LogP contribution < -0.4 is 21.1 Å². The normalized spacial score (nSPS) is 9.80. The number of hydrogen-bond acceptors (Lipinski definition) is 4. The van der Waals surface area contributed by atoms with Crippen molar-refractivity contribution in [3.63, 3.8) is 0 Å². The Morgan fingerprint density at radius 1 is 1.27 bits per heavy atom. The van der Waals surface area contributed by atoms with Crippen molar-refractivity contribution in [1.29, 1.82) is 0 Å². The first kappa shape index (κ1) is 11.2. The van der Waals surface area contributed by atoms with Crippen molar-refractivity contribution in [3.8, 4) is 5.75 Å². The largest absolute Gasteiger partial charge is 0.435 e. The van der Waals surface area contributed by atoms with E-state index in [1.807, 2.05) is 0 Å². The van der Waals surface area contributed by atoms with Crippen molar-refractivity contribution in [1.82, 2.24) is 11.0 Å². The molecule has 0 unspecified atom stereocenters. The molecule has 3 N–H and O–H groups in total. The molecule has 0 heterocycles. The van der Waals surface area contributed by atoms with Crippen LogP contribution in [0.4, 0.5) is 14.5 Å². The Kier molecular flexibility index (Phi) is 4.30. The van der Waals surface area contributed by atoms with Gasteiger partial charge in [-0.15, -0.1) is 5.53 Å². The highest BCUT2D eigenvalue weighted by atomic mass is 19.3. The molecule has 0 aromatic heterocycles. The molecule has 0 saturated carbocycles. The van der Waals surface area contributed by atoms with Crippen LogP contribution in [-0.2, 0) is 4.79 Å². The van der Waals surface area contributed by atoms with Crippen LogP contribution in [0.15, 0.2) is 24.3 Å². The van der Waals surface area contributed by atoms with E-state index < -0.39 is 6.61 Å². The SMILES string of the molecule is O=CNNNc1ccc(OC(F)F)cc1. The van der Waals surface area contributed by atoms with Gasteiger partial charge in [0.05, 0.1) is 5.69 Å². The Hall–Kier alpha value is -1.89. The number of halogens is 2. The molecule has 7 heteroatoms. The highest BCUT2D eigenvalue weighted by molar-refractivity contribution is 5.48. The van der Waals surface area contributed by atoms with Crippen molar-refractivity contribution in [3.05, 3.63) is 24.3 Å². The van der Waals surface area contributed by atoms with Gasteiger partial charge in [-0.3, -0.25) is 10.2 Å². The molecular formula is C8H9F2N3O2. The lowest BCUT2D eigenvalue weighted by atomic mass is 10.3. The molecule has 5 nitrogen and oxygen atoms in total. The molecule has 0 fully saturated rings. The number of hydrazine groups is 2. The van der Waals surface area contributed by atoms with E-state index in [0.717, 1.165) is 0 Å². The summed E-state index contributed by atoms with van der Waals surface area (Å²) in [5, 5.41) is 0. The van der Waals surface area contributed by atoms with Crippen LogP contribution in [0.2, 0.25) is 0 Å². The van der Waals surface area contributed by atoms with Gasteiger partial charge in [-0.1, -0.05) is 0 Å². The standard InChI is InChI=1S/C8H9F2N3O2/c9-8(10)15-7-3-1-6(2-4-7)12-13-11-5-14/h1-5,8,12-13H,(H,11,14). The van der Waals surface area contributed by atoms with Crippen LogP contribution in [0.1, 0.15) is 0 Å². The maximum atomic E-state index is 11.8. The molecule has 0 aliphatic carbocycles. The van der Waals surface area contributed by atoms with E-state index in [0.29, 0.717) is 12.1 Å². The lowest BCUT2D eigenvalue weighted by Gasteiger charge is -2.08. The summed E-state index contributed by atoms with van der Waals surface area (Å²) in [5.41, 5.74) is 7.68. The molecule has 1 rings (SSSR count). The van der Waals surface area contributed by atoms with Crippen molar-refractivity contribution >= 4 is 12.1 Å². The zero-order valence-corrected chi connectivity index (χ0v) is 7.54. The second kappa shape index (κ2) is 5.76. The highest BCUT2D eigenvalue weighted by Crippen LogP contribution is 2.16. The van der Waals surface area contributed by atoms with Crippen LogP contribution in [0.3, 0.4) is 0 Å². The van der Waals surface area contributed by atoms with Gasteiger partial charge < -0.3 is 10.2 Å². The highest BCUT2D eigenvalue weighted by Gasteiger charge is 2.02. The minimum absolute atomic E-state index is 0.0684. The summed E-state index contributed by atoms with van der Waals surface area (Å²) in [6.07, 6.45) is 0.446. The van der Waals surface area contributed by atoms with E-state index in [4.69, 9.17) is 0 Å². The van der Waals surface area contributed by atoms with Crippen molar-refractivity contribution < 1.29 is 18.3 Å². The van der Waals surface area contributed by atoms with E-state index in [-0.39, 0.29) is 5.75 Å². The zero-order chi connectivity index (χ0) is 11.1. The van der Waals surface area contributed by atoms with Gasteiger partial charge in [-0.05, 0) is 24.3 Å². The Balaban J connectivity index is 2.45. The number of rotatable bonds is 6. The predicted molar refractivity (Wildman–Crippen MR) is 49.0 cm³/mol. The molecule has 0 aliphatic rings. The molecule has 0 spiro atoms. The van der Waals surface area contributed by atoms with Crippen LogP contribution in [-0.4, -0.2) is 13.0 Å². The number of ether oxygens (including phenoxy) is 1. The maximum Gasteiger partial charge on any atom is 0.387 e. The number of amides is 1. The molecule has 0 bridgehead atoms. The monoisotopic (exact) mass is 217 g/mol. The number of hydrogen-bond donors (Lipinski definition) is 3. The molecule has 0 atom stereocenters. The van der Waals surface area contributed by atoms with Crippen LogP contribution >= 0.6 is 0 Å². The lowest BCUT2D eigenvalue weighted by molar-refractivity contribution is -0.110. The van der Waals surface area contributed by atoms with Crippen LogP contribution in [0.5, 0.6) is 5.75 Å². The average molecular weight is 217 g/mol. The summed E-state index contributed by atoms with van der Waals surface area (Å²) >= 11 is 0.